The van der Waals surface area contributed by atoms with E-state index in [9.17, 15) is 5.26 Å². The van der Waals surface area contributed by atoms with Crippen LogP contribution < -0.4 is 4.90 Å². The van der Waals surface area contributed by atoms with Crippen LogP contribution in [0.4, 0.5) is 11.5 Å². The SMILES string of the molecule is CCN(c1ccccc1C)c1nc(C)cc(C)c1C#N. The number of hydrogen-bond acceptors (Lipinski definition) is 3. The molecule has 0 radical (unpaired) electrons. The normalized spacial score (nSPS) is 10.2. The third kappa shape index (κ3) is 2.50. The highest BCUT2D eigenvalue weighted by Crippen LogP contribution is 2.30. The summed E-state index contributed by atoms with van der Waals surface area (Å²) >= 11 is 0. The maximum Gasteiger partial charge on any atom is 0.151 e. The van der Waals surface area contributed by atoms with E-state index < -0.39 is 0 Å². The van der Waals surface area contributed by atoms with E-state index in [1.165, 1.54) is 5.56 Å². The molecule has 20 heavy (non-hydrogen) atoms. The zero-order chi connectivity index (χ0) is 14.7. The number of anilines is 2. The minimum atomic E-state index is 0.653. The van der Waals surface area contributed by atoms with E-state index in [-0.39, 0.29) is 0 Å². The first-order valence-corrected chi connectivity index (χ1v) is 6.80. The van der Waals surface area contributed by atoms with E-state index in [0.29, 0.717) is 5.56 Å². The molecular weight excluding hydrogens is 246 g/mol. The van der Waals surface area contributed by atoms with Gasteiger partial charge in [-0.1, -0.05) is 18.2 Å². The summed E-state index contributed by atoms with van der Waals surface area (Å²) in [6.07, 6.45) is 0. The van der Waals surface area contributed by atoms with E-state index in [2.05, 4.69) is 41.9 Å². The van der Waals surface area contributed by atoms with E-state index in [4.69, 9.17) is 0 Å². The van der Waals surface area contributed by atoms with Crippen LogP contribution in [0.3, 0.4) is 0 Å². The van der Waals surface area contributed by atoms with Gasteiger partial charge in [-0.05, 0) is 51.0 Å². The van der Waals surface area contributed by atoms with Crippen molar-refractivity contribution >= 4 is 11.5 Å². The number of para-hydroxylation sites is 1. The summed E-state index contributed by atoms with van der Waals surface area (Å²) in [4.78, 5) is 6.70. The Bertz CT molecular complexity index is 668. The molecule has 0 saturated carbocycles. The van der Waals surface area contributed by atoms with Gasteiger partial charge in [0.1, 0.15) is 6.07 Å². The molecule has 3 nitrogen and oxygen atoms in total. The van der Waals surface area contributed by atoms with Gasteiger partial charge in [-0.15, -0.1) is 0 Å². The molecule has 0 N–H and O–H groups in total. The van der Waals surface area contributed by atoms with Gasteiger partial charge in [0, 0.05) is 17.9 Å². The van der Waals surface area contributed by atoms with Crippen LogP contribution in [0, 0.1) is 32.1 Å². The van der Waals surface area contributed by atoms with E-state index in [1.807, 2.05) is 32.0 Å². The van der Waals surface area contributed by atoms with E-state index >= 15 is 0 Å². The number of pyridine rings is 1. The molecule has 0 fully saturated rings. The Labute approximate surface area is 120 Å². The largest absolute Gasteiger partial charge is 0.325 e. The lowest BCUT2D eigenvalue weighted by atomic mass is 10.1. The predicted octanol–water partition coefficient (Wildman–Crippen LogP) is 4.04. The summed E-state index contributed by atoms with van der Waals surface area (Å²) < 4.78 is 0. The van der Waals surface area contributed by atoms with Crippen molar-refractivity contribution in [1.29, 1.82) is 5.26 Å². The number of hydrogen-bond donors (Lipinski definition) is 0. The fourth-order valence-corrected chi connectivity index (χ4v) is 2.45. The molecular formula is C17H19N3. The molecule has 0 aliphatic carbocycles. The molecule has 3 heteroatoms. The third-order valence-electron chi connectivity index (χ3n) is 3.42. The molecule has 0 saturated heterocycles. The summed E-state index contributed by atoms with van der Waals surface area (Å²) in [5.74, 6) is 0.752. The van der Waals surface area contributed by atoms with Gasteiger partial charge in [0.05, 0.1) is 5.56 Å². The number of aryl methyl sites for hydroxylation is 3. The number of rotatable bonds is 3. The zero-order valence-electron chi connectivity index (χ0n) is 12.4. The molecule has 2 aromatic rings. The smallest absolute Gasteiger partial charge is 0.151 e. The van der Waals surface area contributed by atoms with Crippen LogP contribution in [0.1, 0.15) is 29.3 Å². The lowest BCUT2D eigenvalue weighted by molar-refractivity contribution is 0.964. The van der Waals surface area contributed by atoms with Crippen LogP contribution >= 0.6 is 0 Å². The minimum Gasteiger partial charge on any atom is -0.325 e. The lowest BCUT2D eigenvalue weighted by Gasteiger charge is -2.25. The Morgan fingerprint density at radius 2 is 1.85 bits per heavy atom. The van der Waals surface area contributed by atoms with Crippen molar-refractivity contribution in [3.8, 4) is 6.07 Å². The zero-order valence-corrected chi connectivity index (χ0v) is 12.4. The summed E-state index contributed by atoms with van der Waals surface area (Å²) in [7, 11) is 0. The van der Waals surface area contributed by atoms with Crippen LogP contribution in [0.25, 0.3) is 0 Å². The van der Waals surface area contributed by atoms with Gasteiger partial charge in [-0.3, -0.25) is 0 Å². The highest BCUT2D eigenvalue weighted by atomic mass is 15.2. The average Bonchev–Trinajstić information content (AvgIpc) is 2.41. The van der Waals surface area contributed by atoms with Crippen molar-refractivity contribution in [1.82, 2.24) is 4.98 Å². The molecule has 0 aliphatic rings. The van der Waals surface area contributed by atoms with Crippen molar-refractivity contribution < 1.29 is 0 Å². The molecule has 0 spiro atoms. The number of benzene rings is 1. The van der Waals surface area contributed by atoms with E-state index in [0.717, 1.165) is 29.3 Å². The number of nitriles is 1. The number of aromatic nitrogens is 1. The highest BCUT2D eigenvalue weighted by Gasteiger charge is 2.17. The van der Waals surface area contributed by atoms with Crippen molar-refractivity contribution in [2.75, 3.05) is 11.4 Å². The van der Waals surface area contributed by atoms with Gasteiger partial charge in [0.25, 0.3) is 0 Å². The Balaban J connectivity index is 2.65. The van der Waals surface area contributed by atoms with Crippen LogP contribution in [0.5, 0.6) is 0 Å². The average molecular weight is 265 g/mol. The second-order valence-electron chi connectivity index (χ2n) is 4.92. The van der Waals surface area contributed by atoms with Gasteiger partial charge >= 0.3 is 0 Å². The summed E-state index contributed by atoms with van der Waals surface area (Å²) in [6.45, 7) is 8.85. The topological polar surface area (TPSA) is 39.9 Å². The predicted molar refractivity (Wildman–Crippen MR) is 82.3 cm³/mol. The van der Waals surface area contributed by atoms with Crippen LogP contribution in [0.15, 0.2) is 30.3 Å². The van der Waals surface area contributed by atoms with Crippen LogP contribution in [-0.4, -0.2) is 11.5 Å². The van der Waals surface area contributed by atoms with Gasteiger partial charge in [-0.2, -0.15) is 5.26 Å². The first kappa shape index (κ1) is 14.1. The Morgan fingerprint density at radius 3 is 2.45 bits per heavy atom. The van der Waals surface area contributed by atoms with Gasteiger partial charge in [0.2, 0.25) is 0 Å². The van der Waals surface area contributed by atoms with E-state index in [1.54, 1.807) is 0 Å². The fraction of sp³-hybridized carbons (Fsp3) is 0.294. The Kier molecular flexibility index (Phi) is 4.05. The standard InChI is InChI=1S/C17H19N3/c1-5-20(16-9-7-6-8-12(16)2)17-15(11-18)13(3)10-14(4)19-17/h6-10H,5H2,1-4H3. The molecule has 0 bridgehead atoms. The van der Waals surface area contributed by atoms with Crippen LogP contribution in [-0.2, 0) is 0 Å². The maximum absolute atomic E-state index is 9.43. The lowest BCUT2D eigenvalue weighted by Crippen LogP contribution is -2.20. The fourth-order valence-electron chi connectivity index (χ4n) is 2.45. The second-order valence-corrected chi connectivity index (χ2v) is 4.92. The molecule has 2 rings (SSSR count). The molecule has 0 unspecified atom stereocenters. The maximum atomic E-state index is 9.43. The second kappa shape index (κ2) is 5.75. The third-order valence-corrected chi connectivity index (χ3v) is 3.42. The molecule has 102 valence electrons. The summed E-state index contributed by atoms with van der Waals surface area (Å²) in [6, 6.07) is 12.4. The highest BCUT2D eigenvalue weighted by molar-refractivity contribution is 5.69. The molecule has 1 aromatic carbocycles. The van der Waals surface area contributed by atoms with Gasteiger partial charge in [-0.25, -0.2) is 4.98 Å². The summed E-state index contributed by atoms with van der Waals surface area (Å²) in [5, 5.41) is 9.43. The van der Waals surface area contributed by atoms with Crippen LogP contribution in [0.2, 0.25) is 0 Å². The molecule has 1 aromatic heterocycles. The quantitative estimate of drug-likeness (QED) is 0.841. The Hall–Kier alpha value is -2.34. The van der Waals surface area contributed by atoms with Gasteiger partial charge in [0.15, 0.2) is 5.82 Å². The molecule has 1 heterocycles. The molecule has 0 atom stereocenters. The summed E-state index contributed by atoms with van der Waals surface area (Å²) in [5.41, 5.74) is 4.84. The van der Waals surface area contributed by atoms with Crippen molar-refractivity contribution in [2.45, 2.75) is 27.7 Å². The minimum absolute atomic E-state index is 0.653. The molecule has 0 amide bonds. The monoisotopic (exact) mass is 265 g/mol. The van der Waals surface area contributed by atoms with Crippen molar-refractivity contribution in [3.63, 3.8) is 0 Å². The molecule has 0 aliphatic heterocycles. The first-order valence-electron chi connectivity index (χ1n) is 6.80. The van der Waals surface area contributed by atoms with Gasteiger partial charge < -0.3 is 4.90 Å². The first-order chi connectivity index (χ1) is 9.58. The van der Waals surface area contributed by atoms with Crippen molar-refractivity contribution in [3.05, 3.63) is 52.7 Å². The van der Waals surface area contributed by atoms with Crippen molar-refractivity contribution in [2.24, 2.45) is 0 Å². The Morgan fingerprint density at radius 1 is 1.15 bits per heavy atom. The number of nitrogens with zero attached hydrogens (tertiary/aromatic N) is 3.